The van der Waals surface area contributed by atoms with Crippen molar-refractivity contribution in [2.24, 2.45) is 5.92 Å². The second-order valence-corrected chi connectivity index (χ2v) is 7.78. The van der Waals surface area contributed by atoms with Gasteiger partial charge in [0.25, 0.3) is 11.8 Å². The summed E-state index contributed by atoms with van der Waals surface area (Å²) in [7, 11) is 0. The molecular formula is C22H26N4O3. The van der Waals surface area contributed by atoms with E-state index in [1.807, 2.05) is 26.8 Å². The van der Waals surface area contributed by atoms with Crippen molar-refractivity contribution in [1.29, 1.82) is 0 Å². The summed E-state index contributed by atoms with van der Waals surface area (Å²) in [6.07, 6.45) is 5.75. The molecule has 0 aromatic carbocycles. The minimum Gasteiger partial charge on any atom is -0.491 e. The highest BCUT2D eigenvalue weighted by atomic mass is 16.5. The van der Waals surface area contributed by atoms with E-state index in [1.165, 1.54) is 19.0 Å². The van der Waals surface area contributed by atoms with Gasteiger partial charge in [-0.05, 0) is 57.2 Å². The maximum absolute atomic E-state index is 13.0. The molecule has 1 aliphatic heterocycles. The van der Waals surface area contributed by atoms with Gasteiger partial charge in [-0.25, -0.2) is 0 Å². The van der Waals surface area contributed by atoms with Crippen LogP contribution < -0.4 is 10.1 Å². The summed E-state index contributed by atoms with van der Waals surface area (Å²) in [5.41, 5.74) is 3.34. The van der Waals surface area contributed by atoms with Gasteiger partial charge in [0, 0.05) is 30.4 Å². The lowest BCUT2D eigenvalue weighted by molar-refractivity contribution is 0.0711. The Balaban J connectivity index is 1.54. The quantitative estimate of drug-likeness (QED) is 0.780. The first-order valence-corrected chi connectivity index (χ1v) is 10.2. The van der Waals surface area contributed by atoms with Crippen LogP contribution in [0.5, 0.6) is 5.75 Å². The van der Waals surface area contributed by atoms with E-state index in [1.54, 1.807) is 17.2 Å². The third-order valence-corrected chi connectivity index (χ3v) is 5.58. The first-order chi connectivity index (χ1) is 14.0. The smallest absolute Gasteiger partial charge is 0.270 e. The summed E-state index contributed by atoms with van der Waals surface area (Å²) in [5, 5.41) is 2.76. The number of nitrogens with zero attached hydrogens (tertiary/aromatic N) is 3. The van der Waals surface area contributed by atoms with Crippen LogP contribution in [-0.4, -0.2) is 39.8 Å². The van der Waals surface area contributed by atoms with Gasteiger partial charge in [0.15, 0.2) is 0 Å². The minimum absolute atomic E-state index is 0.103. The number of carbonyl (C=O) groups is 2. The van der Waals surface area contributed by atoms with Gasteiger partial charge in [-0.1, -0.05) is 0 Å². The molecule has 1 N–H and O–H groups in total. The van der Waals surface area contributed by atoms with Crippen LogP contribution in [0.1, 0.15) is 70.4 Å². The average Bonchev–Trinajstić information content (AvgIpc) is 3.48. The van der Waals surface area contributed by atoms with E-state index in [9.17, 15) is 9.59 Å². The number of carbonyl (C=O) groups excluding carboxylic acids is 2. The highest BCUT2D eigenvalue weighted by Crippen LogP contribution is 2.34. The van der Waals surface area contributed by atoms with Crippen molar-refractivity contribution < 1.29 is 14.3 Å². The van der Waals surface area contributed by atoms with Crippen molar-refractivity contribution in [2.75, 3.05) is 13.2 Å². The Hall–Kier alpha value is -2.96. The van der Waals surface area contributed by atoms with Crippen LogP contribution in [0.4, 0.5) is 0 Å². The number of ether oxygens (including phenoxy) is 1. The number of fused-ring (bicyclic) bond motifs is 1. The largest absolute Gasteiger partial charge is 0.491 e. The zero-order valence-corrected chi connectivity index (χ0v) is 17.1. The van der Waals surface area contributed by atoms with Gasteiger partial charge in [-0.3, -0.25) is 19.6 Å². The fourth-order valence-corrected chi connectivity index (χ4v) is 3.60. The molecule has 0 spiro atoms. The highest BCUT2D eigenvalue weighted by molar-refractivity contribution is 6.03. The summed E-state index contributed by atoms with van der Waals surface area (Å²) in [5.74, 6) is 1.12. The van der Waals surface area contributed by atoms with Crippen molar-refractivity contribution in [3.8, 4) is 5.75 Å². The van der Waals surface area contributed by atoms with Crippen LogP contribution in [0.15, 0.2) is 24.5 Å². The maximum Gasteiger partial charge on any atom is 0.270 e. The molecule has 7 nitrogen and oxygen atoms in total. The first kappa shape index (κ1) is 19.4. The van der Waals surface area contributed by atoms with E-state index in [4.69, 9.17) is 4.74 Å². The van der Waals surface area contributed by atoms with Crippen molar-refractivity contribution in [2.45, 2.75) is 46.2 Å². The second kappa shape index (κ2) is 7.81. The molecule has 29 heavy (non-hydrogen) atoms. The molecule has 7 heteroatoms. The van der Waals surface area contributed by atoms with Crippen molar-refractivity contribution in [3.63, 3.8) is 0 Å². The monoisotopic (exact) mass is 394 g/mol. The zero-order chi connectivity index (χ0) is 20.5. The molecule has 2 aromatic rings. The molecule has 1 atom stereocenters. The van der Waals surface area contributed by atoms with E-state index >= 15 is 0 Å². The van der Waals surface area contributed by atoms with E-state index in [0.29, 0.717) is 35.8 Å². The van der Waals surface area contributed by atoms with Crippen LogP contribution in [0.3, 0.4) is 0 Å². The molecule has 4 rings (SSSR count). The molecule has 1 unspecified atom stereocenters. The number of amides is 2. The Morgan fingerprint density at radius 2 is 2.17 bits per heavy atom. The molecule has 1 fully saturated rings. The second-order valence-electron chi connectivity index (χ2n) is 7.78. The number of nitrogens with one attached hydrogen (secondary N) is 1. The van der Waals surface area contributed by atoms with Gasteiger partial charge in [0.05, 0.1) is 24.5 Å². The number of pyridine rings is 2. The fourth-order valence-electron chi connectivity index (χ4n) is 3.60. The molecule has 152 valence electrons. The molecule has 2 amide bonds. The topological polar surface area (TPSA) is 84.4 Å². The van der Waals surface area contributed by atoms with E-state index in [-0.39, 0.29) is 17.9 Å². The molecule has 0 radical (unpaired) electrons. The van der Waals surface area contributed by atoms with Crippen LogP contribution >= 0.6 is 0 Å². The fraction of sp³-hybridized carbons (Fsp3) is 0.455. The summed E-state index contributed by atoms with van der Waals surface area (Å²) in [6, 6.07) is 3.43. The number of aromatic nitrogens is 2. The van der Waals surface area contributed by atoms with Gasteiger partial charge >= 0.3 is 0 Å². The predicted molar refractivity (Wildman–Crippen MR) is 108 cm³/mol. The van der Waals surface area contributed by atoms with Gasteiger partial charge in [-0.2, -0.15) is 0 Å². The van der Waals surface area contributed by atoms with E-state index < -0.39 is 0 Å². The summed E-state index contributed by atoms with van der Waals surface area (Å²) in [6.45, 7) is 7.40. The first-order valence-electron chi connectivity index (χ1n) is 10.2. The van der Waals surface area contributed by atoms with Gasteiger partial charge in [0.2, 0.25) is 0 Å². The normalized spacial score (nSPS) is 16.5. The van der Waals surface area contributed by atoms with Gasteiger partial charge in [-0.15, -0.1) is 0 Å². The Morgan fingerprint density at radius 3 is 2.86 bits per heavy atom. The number of hydrogen-bond acceptors (Lipinski definition) is 5. The maximum atomic E-state index is 13.0. The van der Waals surface area contributed by atoms with E-state index in [2.05, 4.69) is 15.3 Å². The molecule has 2 aliphatic rings. The Bertz CT molecular complexity index is 955. The lowest BCUT2D eigenvalue weighted by atomic mass is 10.1. The molecule has 2 aromatic heterocycles. The number of aryl methyl sites for hydroxylation is 1. The molecule has 3 heterocycles. The average molecular weight is 394 g/mol. The Labute approximate surface area is 170 Å². The highest BCUT2D eigenvalue weighted by Gasteiger charge is 2.35. The lowest BCUT2D eigenvalue weighted by Crippen LogP contribution is -2.28. The van der Waals surface area contributed by atoms with Crippen LogP contribution in [0.2, 0.25) is 0 Å². The van der Waals surface area contributed by atoms with Crippen LogP contribution in [0, 0.1) is 12.8 Å². The van der Waals surface area contributed by atoms with E-state index in [0.717, 1.165) is 23.6 Å². The number of rotatable bonds is 7. The van der Waals surface area contributed by atoms with Gasteiger partial charge < -0.3 is 15.0 Å². The minimum atomic E-state index is -0.252. The lowest BCUT2D eigenvalue weighted by Gasteiger charge is -2.24. The standard InChI is InChI=1S/C22H26N4O3/c1-4-23-21(27)20-17-11-26(22(28)16(17)7-8-24-20)14(3)18-9-13(2)19(10-25-18)29-12-15-5-6-15/h7-10,14-15H,4-6,11-12H2,1-3H3,(H,23,27). The summed E-state index contributed by atoms with van der Waals surface area (Å²) >= 11 is 0. The molecule has 1 saturated carbocycles. The molecule has 1 aliphatic carbocycles. The van der Waals surface area contributed by atoms with Crippen LogP contribution in [0.25, 0.3) is 0 Å². The number of hydrogen-bond donors (Lipinski definition) is 1. The zero-order valence-electron chi connectivity index (χ0n) is 17.1. The Morgan fingerprint density at radius 1 is 1.38 bits per heavy atom. The van der Waals surface area contributed by atoms with Gasteiger partial charge in [0.1, 0.15) is 11.4 Å². The molecule has 0 bridgehead atoms. The van der Waals surface area contributed by atoms with Crippen LogP contribution in [-0.2, 0) is 6.54 Å². The molecular weight excluding hydrogens is 368 g/mol. The van der Waals surface area contributed by atoms with Crippen molar-refractivity contribution in [1.82, 2.24) is 20.2 Å². The summed E-state index contributed by atoms with van der Waals surface area (Å²) < 4.78 is 5.86. The third-order valence-electron chi connectivity index (χ3n) is 5.58. The van der Waals surface area contributed by atoms with Crippen molar-refractivity contribution in [3.05, 3.63) is 52.6 Å². The molecule has 0 saturated heterocycles. The Kier molecular flexibility index (Phi) is 5.22. The summed E-state index contributed by atoms with van der Waals surface area (Å²) in [4.78, 5) is 35.8. The third kappa shape index (κ3) is 3.81. The van der Waals surface area contributed by atoms with Crippen molar-refractivity contribution >= 4 is 11.8 Å². The predicted octanol–water partition coefficient (Wildman–Crippen LogP) is 3.04. The SMILES string of the molecule is CCNC(=O)c1nccc2c1CN(C(C)c1cc(C)c(OCC3CC3)cn1)C2=O.